The molecule has 0 aromatic carbocycles. The van der Waals surface area contributed by atoms with Gasteiger partial charge >= 0.3 is 0 Å². The van der Waals surface area contributed by atoms with E-state index < -0.39 is 0 Å². The monoisotopic (exact) mass is 348 g/mol. The average Bonchev–Trinajstić information content (AvgIpc) is 3.36. The molecule has 0 bridgehead atoms. The number of amides is 1. The molecular weight excluding hydrogens is 320 g/mol. The Morgan fingerprint density at radius 3 is 2.50 bits per heavy atom. The summed E-state index contributed by atoms with van der Waals surface area (Å²) in [4.78, 5) is 14.9. The summed E-state index contributed by atoms with van der Waals surface area (Å²) in [6.07, 6.45) is 10.0. The van der Waals surface area contributed by atoms with E-state index in [1.54, 1.807) is 0 Å². The fourth-order valence-corrected chi connectivity index (χ4v) is 5.04. The molecule has 1 aliphatic heterocycles. The predicted octanol–water partition coefficient (Wildman–Crippen LogP) is 3.40. The summed E-state index contributed by atoms with van der Waals surface area (Å²) in [7, 11) is 1.97. The van der Waals surface area contributed by atoms with Crippen molar-refractivity contribution >= 4 is 18.1 Å². The van der Waals surface area contributed by atoms with Crippen LogP contribution in [0.25, 0.3) is 0 Å². The number of hydrogen-bond donors (Lipinski definition) is 1. The van der Waals surface area contributed by atoms with Crippen LogP contribution in [0.2, 0.25) is 0 Å². The molecule has 1 aromatic rings. The highest BCUT2D eigenvalue weighted by Crippen LogP contribution is 2.50. The number of hydrogen-bond acceptors (Lipinski definition) is 3. The van der Waals surface area contributed by atoms with Crippen LogP contribution >= 0.6 is 12.2 Å². The second kappa shape index (κ2) is 6.62. The van der Waals surface area contributed by atoms with Crippen molar-refractivity contribution in [2.24, 2.45) is 24.8 Å². The minimum atomic E-state index is 0.338. The quantitative estimate of drug-likeness (QED) is 0.852. The smallest absolute Gasteiger partial charge is 0.225 e. The van der Waals surface area contributed by atoms with Crippen molar-refractivity contribution in [1.29, 1.82) is 0 Å². The van der Waals surface area contributed by atoms with Crippen LogP contribution in [0.1, 0.15) is 63.1 Å². The average molecular weight is 349 g/mol. The third-order valence-corrected chi connectivity index (χ3v) is 6.86. The Morgan fingerprint density at radius 2 is 1.88 bits per heavy atom. The van der Waals surface area contributed by atoms with Gasteiger partial charge in [0.2, 0.25) is 5.91 Å². The van der Waals surface area contributed by atoms with E-state index in [1.807, 2.05) is 11.6 Å². The van der Waals surface area contributed by atoms with Gasteiger partial charge in [0.1, 0.15) is 5.82 Å². The van der Waals surface area contributed by atoms with E-state index in [9.17, 15) is 4.79 Å². The van der Waals surface area contributed by atoms with Crippen LogP contribution in [0.3, 0.4) is 0 Å². The number of likely N-dealkylation sites (tertiary alicyclic amines) is 1. The number of H-pyrrole nitrogens is 1. The van der Waals surface area contributed by atoms with Crippen molar-refractivity contribution < 1.29 is 4.79 Å². The number of aromatic amines is 1. The van der Waals surface area contributed by atoms with Crippen LogP contribution in [0.4, 0.5) is 0 Å². The Balaban J connectivity index is 1.31. The summed E-state index contributed by atoms with van der Waals surface area (Å²) >= 11 is 5.21. The van der Waals surface area contributed by atoms with E-state index in [-0.39, 0.29) is 0 Å². The molecule has 0 unspecified atom stereocenters. The molecule has 6 heteroatoms. The van der Waals surface area contributed by atoms with Gasteiger partial charge in [-0.05, 0) is 43.3 Å². The molecule has 3 aliphatic rings. The Kier molecular flexibility index (Phi) is 4.50. The fourth-order valence-electron chi connectivity index (χ4n) is 4.90. The highest BCUT2D eigenvalue weighted by molar-refractivity contribution is 7.71. The van der Waals surface area contributed by atoms with Gasteiger partial charge in [-0.15, -0.1) is 0 Å². The third kappa shape index (κ3) is 3.05. The maximum atomic E-state index is 12.8. The lowest BCUT2D eigenvalue weighted by atomic mass is 9.85. The first-order valence-corrected chi connectivity index (χ1v) is 9.96. The van der Waals surface area contributed by atoms with Gasteiger partial charge in [0, 0.05) is 32.0 Å². The molecule has 5 nitrogen and oxygen atoms in total. The van der Waals surface area contributed by atoms with Crippen molar-refractivity contribution in [3.05, 3.63) is 10.6 Å². The molecule has 2 aliphatic carbocycles. The van der Waals surface area contributed by atoms with Crippen molar-refractivity contribution in [3.63, 3.8) is 0 Å². The van der Waals surface area contributed by atoms with E-state index in [0.717, 1.165) is 44.1 Å². The minimum absolute atomic E-state index is 0.338. The number of carbonyl (C=O) groups excluding carboxylic acids is 1. The summed E-state index contributed by atoms with van der Waals surface area (Å²) in [5, 5.41) is 7.25. The number of rotatable bonds is 3. The largest absolute Gasteiger partial charge is 0.342 e. The molecule has 1 saturated heterocycles. The number of aromatic nitrogens is 3. The van der Waals surface area contributed by atoms with E-state index in [0.29, 0.717) is 28.4 Å². The minimum Gasteiger partial charge on any atom is -0.342 e. The van der Waals surface area contributed by atoms with Crippen molar-refractivity contribution in [2.45, 2.75) is 57.3 Å². The van der Waals surface area contributed by atoms with Crippen molar-refractivity contribution in [3.8, 4) is 0 Å². The van der Waals surface area contributed by atoms with Crippen LogP contribution < -0.4 is 0 Å². The van der Waals surface area contributed by atoms with Crippen LogP contribution in [-0.2, 0) is 11.8 Å². The summed E-state index contributed by atoms with van der Waals surface area (Å²) in [6, 6.07) is 0. The molecule has 2 atom stereocenters. The van der Waals surface area contributed by atoms with Crippen molar-refractivity contribution in [1.82, 2.24) is 19.7 Å². The van der Waals surface area contributed by atoms with E-state index >= 15 is 0 Å². The first-order valence-electron chi connectivity index (χ1n) is 9.55. The molecule has 132 valence electrons. The highest BCUT2D eigenvalue weighted by Gasteiger charge is 2.49. The first kappa shape index (κ1) is 16.3. The highest BCUT2D eigenvalue weighted by atomic mass is 32.1. The molecule has 2 saturated carbocycles. The molecule has 1 amide bonds. The number of piperidine rings is 1. The standard InChI is InChI=1S/C18H28N4OS/c1-21-16(19-20-18(21)24)13-7-9-22(10-8-13)17(23)15-11-14(15)12-5-3-2-4-6-12/h12-15H,2-11H2,1H3,(H,20,24)/t14-,15-/m0/s1. The van der Waals surface area contributed by atoms with Gasteiger partial charge < -0.3 is 9.47 Å². The molecule has 0 radical (unpaired) electrons. The van der Waals surface area contributed by atoms with Gasteiger partial charge in [0.25, 0.3) is 0 Å². The molecule has 4 rings (SSSR count). The molecule has 1 N–H and O–H groups in total. The van der Waals surface area contributed by atoms with Crippen LogP contribution in [0, 0.1) is 22.5 Å². The number of carbonyl (C=O) groups is 1. The zero-order valence-corrected chi connectivity index (χ0v) is 15.4. The van der Waals surface area contributed by atoms with Gasteiger partial charge in [-0.3, -0.25) is 9.89 Å². The molecule has 2 heterocycles. The van der Waals surface area contributed by atoms with Gasteiger partial charge in [0.15, 0.2) is 4.77 Å². The molecule has 0 spiro atoms. The summed E-state index contributed by atoms with van der Waals surface area (Å²) in [5.74, 6) is 3.75. The summed E-state index contributed by atoms with van der Waals surface area (Å²) < 4.78 is 2.65. The number of nitrogens with one attached hydrogen (secondary N) is 1. The lowest BCUT2D eigenvalue weighted by Gasteiger charge is -2.32. The van der Waals surface area contributed by atoms with Gasteiger partial charge in [0.05, 0.1) is 0 Å². The van der Waals surface area contributed by atoms with Crippen LogP contribution in [0.15, 0.2) is 0 Å². The lowest BCUT2D eigenvalue weighted by molar-refractivity contribution is -0.134. The van der Waals surface area contributed by atoms with Gasteiger partial charge in [-0.2, -0.15) is 5.10 Å². The second-order valence-electron chi connectivity index (χ2n) is 7.95. The first-order chi connectivity index (χ1) is 11.6. The topological polar surface area (TPSA) is 53.9 Å². The van der Waals surface area contributed by atoms with Gasteiger partial charge in [-0.25, -0.2) is 0 Å². The fraction of sp³-hybridized carbons (Fsp3) is 0.833. The Bertz CT molecular complexity index is 652. The van der Waals surface area contributed by atoms with E-state index in [2.05, 4.69) is 15.1 Å². The van der Waals surface area contributed by atoms with Crippen LogP contribution in [-0.4, -0.2) is 38.7 Å². The molecule has 24 heavy (non-hydrogen) atoms. The predicted molar refractivity (Wildman–Crippen MR) is 95.1 cm³/mol. The Hall–Kier alpha value is -1.17. The summed E-state index contributed by atoms with van der Waals surface area (Å²) in [5.41, 5.74) is 0. The Labute approximate surface area is 148 Å². The summed E-state index contributed by atoms with van der Waals surface area (Å²) in [6.45, 7) is 1.74. The second-order valence-corrected chi connectivity index (χ2v) is 8.34. The van der Waals surface area contributed by atoms with E-state index in [4.69, 9.17) is 12.2 Å². The van der Waals surface area contributed by atoms with Crippen molar-refractivity contribution in [2.75, 3.05) is 13.1 Å². The SMILES string of the molecule is Cn1c(C2CCN(C(=O)[C@H]3C[C@H]3C3CCCCC3)CC2)n[nH]c1=S. The third-order valence-electron chi connectivity index (χ3n) is 6.50. The maximum Gasteiger partial charge on any atom is 0.225 e. The molecule has 1 aromatic heterocycles. The zero-order chi connectivity index (χ0) is 16.7. The molecule has 3 fully saturated rings. The van der Waals surface area contributed by atoms with Crippen LogP contribution in [0.5, 0.6) is 0 Å². The van der Waals surface area contributed by atoms with Gasteiger partial charge in [-0.1, -0.05) is 32.1 Å². The lowest BCUT2D eigenvalue weighted by Crippen LogP contribution is -2.39. The molecular formula is C18H28N4OS. The van der Waals surface area contributed by atoms with E-state index in [1.165, 1.54) is 32.1 Å². The number of nitrogens with zero attached hydrogens (tertiary/aromatic N) is 3. The normalized spacial score (nSPS) is 29.0. The zero-order valence-electron chi connectivity index (χ0n) is 14.5. The maximum absolute atomic E-state index is 12.8. The Morgan fingerprint density at radius 1 is 1.17 bits per heavy atom.